The fraction of sp³-hybridized carbons (Fsp3) is 0.222. The maximum atomic E-state index is 13.5. The van der Waals surface area contributed by atoms with Crippen molar-refractivity contribution in [1.82, 2.24) is 4.31 Å². The third-order valence-electron chi connectivity index (χ3n) is 2.46. The molecule has 0 unspecified atom stereocenters. The van der Waals surface area contributed by atoms with Crippen molar-refractivity contribution in [2.24, 2.45) is 0 Å². The monoisotopic (exact) mass is 244 g/mol. The highest BCUT2D eigenvalue weighted by Crippen LogP contribution is 2.36. The van der Waals surface area contributed by atoms with Gasteiger partial charge in [-0.25, -0.2) is 12.8 Å². The van der Waals surface area contributed by atoms with Gasteiger partial charge in [-0.1, -0.05) is 0 Å². The quantitative estimate of drug-likeness (QED) is 0.794. The van der Waals surface area contributed by atoms with Crippen molar-refractivity contribution in [3.63, 3.8) is 0 Å². The smallest absolute Gasteiger partial charge is 0.269 e. The lowest BCUT2D eigenvalue weighted by Crippen LogP contribution is -2.25. The van der Waals surface area contributed by atoms with Gasteiger partial charge in [-0.2, -0.15) is 0 Å². The van der Waals surface area contributed by atoms with E-state index in [4.69, 9.17) is 10.1 Å². The van der Waals surface area contributed by atoms with Crippen LogP contribution in [0.3, 0.4) is 0 Å². The molecule has 7 heteroatoms. The molecule has 0 amide bonds. The Kier molecular flexibility index (Phi) is 2.16. The second kappa shape index (κ2) is 3.18. The molecule has 86 valence electrons. The first kappa shape index (κ1) is 10.9. The number of rotatable bonds is 1. The summed E-state index contributed by atoms with van der Waals surface area (Å²) < 4.78 is 42.7. The van der Waals surface area contributed by atoms with Crippen molar-refractivity contribution in [1.29, 1.82) is 5.41 Å². The van der Waals surface area contributed by atoms with Gasteiger partial charge in [-0.05, 0) is 12.1 Å². The topological polar surface area (TPSA) is 70.5 Å². The number of halogens is 1. The number of amidine groups is 1. The van der Waals surface area contributed by atoms with Crippen LogP contribution in [0.4, 0.5) is 4.39 Å². The molecule has 0 saturated carbocycles. The van der Waals surface area contributed by atoms with Crippen LogP contribution in [0.2, 0.25) is 0 Å². The van der Waals surface area contributed by atoms with E-state index in [0.717, 1.165) is 10.4 Å². The maximum absolute atomic E-state index is 13.5. The van der Waals surface area contributed by atoms with Gasteiger partial charge in [-0.15, -0.1) is 0 Å². The molecular weight excluding hydrogens is 235 g/mol. The van der Waals surface area contributed by atoms with Gasteiger partial charge in [0.15, 0.2) is 0 Å². The minimum atomic E-state index is -3.94. The first-order valence-corrected chi connectivity index (χ1v) is 5.79. The summed E-state index contributed by atoms with van der Waals surface area (Å²) in [5, 5.41) is 7.63. The molecule has 0 saturated heterocycles. The van der Waals surface area contributed by atoms with E-state index in [0.29, 0.717) is 0 Å². The first-order chi connectivity index (χ1) is 7.41. The van der Waals surface area contributed by atoms with Crippen molar-refractivity contribution in [3.8, 4) is 5.75 Å². The van der Waals surface area contributed by atoms with Gasteiger partial charge in [-0.3, -0.25) is 9.71 Å². The van der Waals surface area contributed by atoms with E-state index in [1.165, 1.54) is 20.2 Å². The van der Waals surface area contributed by atoms with Gasteiger partial charge in [0.2, 0.25) is 0 Å². The molecule has 1 aliphatic heterocycles. The van der Waals surface area contributed by atoms with Gasteiger partial charge < -0.3 is 4.74 Å². The summed E-state index contributed by atoms with van der Waals surface area (Å²) in [6.07, 6.45) is 0. The maximum Gasteiger partial charge on any atom is 0.269 e. The van der Waals surface area contributed by atoms with Crippen LogP contribution in [0.5, 0.6) is 5.75 Å². The fourth-order valence-corrected chi connectivity index (χ4v) is 2.98. The molecule has 1 heterocycles. The van der Waals surface area contributed by atoms with Crippen LogP contribution in [0.25, 0.3) is 0 Å². The molecule has 0 aliphatic carbocycles. The van der Waals surface area contributed by atoms with Crippen LogP contribution < -0.4 is 4.74 Å². The van der Waals surface area contributed by atoms with Crippen molar-refractivity contribution >= 4 is 15.9 Å². The largest absolute Gasteiger partial charge is 0.496 e. The normalized spacial score (nSPS) is 17.4. The molecule has 0 atom stereocenters. The summed E-state index contributed by atoms with van der Waals surface area (Å²) in [6, 6.07) is 2.32. The van der Waals surface area contributed by atoms with Crippen molar-refractivity contribution < 1.29 is 17.5 Å². The summed E-state index contributed by atoms with van der Waals surface area (Å²) in [4.78, 5) is -0.487. The minimum Gasteiger partial charge on any atom is -0.496 e. The molecule has 0 bridgehead atoms. The van der Waals surface area contributed by atoms with E-state index < -0.39 is 20.7 Å². The third-order valence-corrected chi connectivity index (χ3v) is 4.28. The third kappa shape index (κ3) is 1.15. The van der Waals surface area contributed by atoms with Crippen LogP contribution in [-0.2, 0) is 10.0 Å². The van der Waals surface area contributed by atoms with E-state index >= 15 is 0 Å². The Balaban J connectivity index is 2.90. The molecule has 0 aromatic heterocycles. The molecule has 1 aromatic rings. The van der Waals surface area contributed by atoms with Gasteiger partial charge in [0, 0.05) is 7.05 Å². The van der Waals surface area contributed by atoms with Crippen molar-refractivity contribution in [2.45, 2.75) is 4.90 Å². The van der Waals surface area contributed by atoms with Gasteiger partial charge in [0.1, 0.15) is 22.3 Å². The number of hydrogen-bond donors (Lipinski definition) is 1. The van der Waals surface area contributed by atoms with E-state index in [2.05, 4.69) is 0 Å². The zero-order valence-corrected chi connectivity index (χ0v) is 9.43. The molecule has 2 rings (SSSR count). The molecule has 1 aliphatic rings. The Morgan fingerprint density at radius 1 is 1.44 bits per heavy atom. The van der Waals surface area contributed by atoms with Crippen LogP contribution >= 0.6 is 0 Å². The van der Waals surface area contributed by atoms with Gasteiger partial charge >= 0.3 is 0 Å². The SMILES string of the molecule is COc1ccc(F)c2c1C(=N)N(C)S2(=O)=O. The van der Waals surface area contributed by atoms with Crippen molar-refractivity contribution in [2.75, 3.05) is 14.2 Å². The number of nitrogens with zero attached hydrogens (tertiary/aromatic N) is 1. The van der Waals surface area contributed by atoms with Crippen LogP contribution in [0.1, 0.15) is 5.56 Å². The summed E-state index contributed by atoms with van der Waals surface area (Å²) in [5.41, 5.74) is -0.0231. The van der Waals surface area contributed by atoms with Crippen LogP contribution in [0, 0.1) is 11.2 Å². The first-order valence-electron chi connectivity index (χ1n) is 4.35. The summed E-state index contributed by atoms with van der Waals surface area (Å²) in [7, 11) is -1.40. The molecule has 1 N–H and O–H groups in total. The standard InChI is InChI=1S/C9H9FN2O3S/c1-12-9(11)7-6(15-2)4-3-5(10)8(7)16(12,13)14/h3-4,11H,1-2H3. The van der Waals surface area contributed by atoms with Crippen LogP contribution in [0.15, 0.2) is 17.0 Å². The number of fused-ring (bicyclic) bond motifs is 1. The minimum absolute atomic E-state index is 0.0231. The van der Waals surface area contributed by atoms with E-state index in [-0.39, 0.29) is 17.1 Å². The average molecular weight is 244 g/mol. The summed E-state index contributed by atoms with van der Waals surface area (Å²) in [6.45, 7) is 0. The number of hydrogen-bond acceptors (Lipinski definition) is 4. The molecule has 1 aromatic carbocycles. The molecule has 0 spiro atoms. The Bertz CT molecular complexity index is 583. The molecule has 0 radical (unpaired) electrons. The Labute approximate surface area is 92.0 Å². The Morgan fingerprint density at radius 3 is 2.62 bits per heavy atom. The lowest BCUT2D eigenvalue weighted by molar-refractivity contribution is 0.410. The highest BCUT2D eigenvalue weighted by molar-refractivity contribution is 7.90. The zero-order chi connectivity index (χ0) is 12.1. The zero-order valence-electron chi connectivity index (χ0n) is 8.61. The molecule has 16 heavy (non-hydrogen) atoms. The highest BCUT2D eigenvalue weighted by Gasteiger charge is 2.41. The Hall–Kier alpha value is -1.63. The number of benzene rings is 1. The lowest BCUT2D eigenvalue weighted by Gasteiger charge is -2.08. The van der Waals surface area contributed by atoms with Gasteiger partial charge in [0.25, 0.3) is 10.0 Å². The molecule has 5 nitrogen and oxygen atoms in total. The lowest BCUT2D eigenvalue weighted by atomic mass is 10.1. The average Bonchev–Trinajstić information content (AvgIpc) is 2.42. The van der Waals surface area contributed by atoms with Crippen LogP contribution in [-0.4, -0.2) is 32.7 Å². The van der Waals surface area contributed by atoms with E-state index in [9.17, 15) is 12.8 Å². The Morgan fingerprint density at radius 2 is 2.06 bits per heavy atom. The predicted octanol–water partition coefficient (Wildman–Crippen LogP) is 0.794. The van der Waals surface area contributed by atoms with Gasteiger partial charge in [0.05, 0.1) is 12.7 Å². The summed E-state index contributed by atoms with van der Waals surface area (Å²) >= 11 is 0. The number of ether oxygens (including phenoxy) is 1. The van der Waals surface area contributed by atoms with E-state index in [1.807, 2.05) is 0 Å². The fourth-order valence-electron chi connectivity index (χ4n) is 1.60. The van der Waals surface area contributed by atoms with Crippen molar-refractivity contribution in [3.05, 3.63) is 23.5 Å². The second-order valence-electron chi connectivity index (χ2n) is 3.27. The molecule has 0 fully saturated rings. The summed E-state index contributed by atoms with van der Waals surface area (Å²) in [5.74, 6) is -0.981. The molecular formula is C9H9FN2O3S. The predicted molar refractivity (Wildman–Crippen MR) is 54.7 cm³/mol. The second-order valence-corrected chi connectivity index (χ2v) is 5.18. The highest BCUT2D eigenvalue weighted by atomic mass is 32.2. The number of nitrogens with one attached hydrogen (secondary N) is 1. The number of methoxy groups -OCH3 is 1. The number of sulfonamides is 1. The van der Waals surface area contributed by atoms with E-state index in [1.54, 1.807) is 0 Å².